The molecule has 33 heavy (non-hydrogen) atoms. The average Bonchev–Trinajstić information content (AvgIpc) is 2.77. The lowest BCUT2D eigenvalue weighted by atomic mass is 9.95. The van der Waals surface area contributed by atoms with Crippen molar-refractivity contribution in [3.05, 3.63) is 63.1 Å². The highest BCUT2D eigenvalue weighted by atomic mass is 35.5. The predicted octanol–water partition coefficient (Wildman–Crippen LogP) is 5.86. The fourth-order valence-corrected chi connectivity index (χ4v) is 4.55. The first-order chi connectivity index (χ1) is 15.7. The fraction of sp³-hybridized carbons (Fsp3) is 0.462. The Kier molecular flexibility index (Phi) is 9.04. The number of ether oxygens (including phenoxy) is 1. The minimum atomic E-state index is -0.656. The molecule has 0 radical (unpaired) electrons. The van der Waals surface area contributed by atoms with Gasteiger partial charge >= 0.3 is 0 Å². The number of nitrogens with one attached hydrogen (secondary N) is 1. The van der Waals surface area contributed by atoms with Crippen LogP contribution in [0.1, 0.15) is 55.7 Å². The van der Waals surface area contributed by atoms with Crippen LogP contribution < -0.4 is 10.1 Å². The Morgan fingerprint density at radius 1 is 1.03 bits per heavy atom. The van der Waals surface area contributed by atoms with Crippen molar-refractivity contribution in [1.29, 1.82) is 0 Å². The number of carbonyl (C=O) groups excluding carboxylic acids is 2. The molecule has 3 rings (SSSR count). The molecule has 7 heteroatoms. The van der Waals surface area contributed by atoms with Crippen LogP contribution in [0.15, 0.2) is 36.4 Å². The van der Waals surface area contributed by atoms with Crippen LogP contribution in [0, 0.1) is 13.8 Å². The number of hydrogen-bond acceptors (Lipinski definition) is 3. The molecule has 0 unspecified atom stereocenters. The zero-order valence-corrected chi connectivity index (χ0v) is 21.0. The number of rotatable bonds is 8. The molecule has 2 aromatic carbocycles. The Bertz CT molecular complexity index is 969. The number of hydrogen-bond donors (Lipinski definition) is 1. The van der Waals surface area contributed by atoms with E-state index in [1.54, 1.807) is 24.0 Å². The van der Waals surface area contributed by atoms with Gasteiger partial charge in [0.15, 0.2) is 6.61 Å². The Morgan fingerprint density at radius 2 is 1.70 bits per heavy atom. The molecule has 5 nitrogen and oxygen atoms in total. The van der Waals surface area contributed by atoms with E-state index in [9.17, 15) is 9.59 Å². The van der Waals surface area contributed by atoms with E-state index in [1.807, 2.05) is 38.1 Å². The van der Waals surface area contributed by atoms with Crippen molar-refractivity contribution in [2.75, 3.05) is 6.61 Å². The van der Waals surface area contributed by atoms with E-state index in [0.29, 0.717) is 15.8 Å². The lowest BCUT2D eigenvalue weighted by molar-refractivity contribution is -0.142. The van der Waals surface area contributed by atoms with Gasteiger partial charge in [0.1, 0.15) is 11.8 Å². The third kappa shape index (κ3) is 7.38. The van der Waals surface area contributed by atoms with Crippen LogP contribution in [0.5, 0.6) is 5.75 Å². The van der Waals surface area contributed by atoms with Crippen molar-refractivity contribution in [1.82, 2.24) is 10.2 Å². The van der Waals surface area contributed by atoms with Crippen molar-refractivity contribution in [3.63, 3.8) is 0 Å². The minimum absolute atomic E-state index is 0.151. The van der Waals surface area contributed by atoms with Crippen molar-refractivity contribution in [2.24, 2.45) is 0 Å². The molecule has 1 aliphatic carbocycles. The molecule has 1 fully saturated rings. The molecule has 1 aliphatic rings. The summed E-state index contributed by atoms with van der Waals surface area (Å²) >= 11 is 12.2. The van der Waals surface area contributed by atoms with Gasteiger partial charge in [-0.05, 0) is 74.6 Å². The third-order valence-corrected chi connectivity index (χ3v) is 6.75. The molecule has 2 amide bonds. The lowest BCUT2D eigenvalue weighted by Crippen LogP contribution is -2.51. The Morgan fingerprint density at radius 3 is 2.33 bits per heavy atom. The molecule has 0 spiro atoms. The highest BCUT2D eigenvalue weighted by Gasteiger charge is 2.28. The van der Waals surface area contributed by atoms with Gasteiger partial charge in [0.05, 0.1) is 10.0 Å². The summed E-state index contributed by atoms with van der Waals surface area (Å²) in [6, 6.07) is 10.6. The number of nitrogens with zero attached hydrogens (tertiary/aromatic N) is 1. The van der Waals surface area contributed by atoms with Gasteiger partial charge in [0.2, 0.25) is 5.91 Å². The summed E-state index contributed by atoms with van der Waals surface area (Å²) in [6.07, 6.45) is 5.41. The van der Waals surface area contributed by atoms with E-state index in [2.05, 4.69) is 5.32 Å². The molecular formula is C26H32Cl2N2O3. The van der Waals surface area contributed by atoms with Gasteiger partial charge in [-0.2, -0.15) is 0 Å². The summed E-state index contributed by atoms with van der Waals surface area (Å²) in [5.41, 5.74) is 2.91. The van der Waals surface area contributed by atoms with E-state index < -0.39 is 6.04 Å². The first-order valence-electron chi connectivity index (χ1n) is 11.5. The fourth-order valence-electron chi connectivity index (χ4n) is 4.23. The molecular weight excluding hydrogens is 459 g/mol. The maximum absolute atomic E-state index is 13.2. The van der Waals surface area contributed by atoms with Crippen molar-refractivity contribution in [3.8, 4) is 5.75 Å². The molecule has 1 saturated carbocycles. The predicted molar refractivity (Wildman–Crippen MR) is 133 cm³/mol. The van der Waals surface area contributed by atoms with Crippen LogP contribution in [-0.2, 0) is 16.1 Å². The first kappa shape index (κ1) is 25.4. The second-order valence-electron chi connectivity index (χ2n) is 8.90. The van der Waals surface area contributed by atoms with Crippen LogP contribution in [0.25, 0.3) is 0 Å². The number of benzene rings is 2. The maximum atomic E-state index is 13.2. The smallest absolute Gasteiger partial charge is 0.261 e. The van der Waals surface area contributed by atoms with Gasteiger partial charge in [-0.3, -0.25) is 9.59 Å². The highest BCUT2D eigenvalue weighted by Crippen LogP contribution is 2.24. The topological polar surface area (TPSA) is 58.6 Å². The Hall–Kier alpha value is -2.24. The monoisotopic (exact) mass is 490 g/mol. The molecule has 0 heterocycles. The highest BCUT2D eigenvalue weighted by molar-refractivity contribution is 6.42. The summed E-state index contributed by atoms with van der Waals surface area (Å²) < 4.78 is 5.80. The SMILES string of the molecule is Cc1cc(C)cc(OCC(=O)N(Cc2ccc(Cl)c(Cl)c2)[C@@H](C)C(=O)NC2CCCCC2)c1. The van der Waals surface area contributed by atoms with Crippen molar-refractivity contribution >= 4 is 35.0 Å². The third-order valence-electron chi connectivity index (χ3n) is 6.01. The molecule has 0 bridgehead atoms. The van der Waals surface area contributed by atoms with Crippen molar-refractivity contribution < 1.29 is 14.3 Å². The largest absolute Gasteiger partial charge is 0.484 e. The maximum Gasteiger partial charge on any atom is 0.261 e. The molecule has 0 saturated heterocycles. The van der Waals surface area contributed by atoms with E-state index in [0.717, 1.165) is 42.4 Å². The molecule has 178 valence electrons. The second-order valence-corrected chi connectivity index (χ2v) is 9.72. The Balaban J connectivity index is 1.74. The zero-order valence-electron chi connectivity index (χ0n) is 19.5. The van der Waals surface area contributed by atoms with Gasteiger partial charge in [0, 0.05) is 12.6 Å². The number of amides is 2. The van der Waals surface area contributed by atoms with Crippen LogP contribution >= 0.6 is 23.2 Å². The number of aryl methyl sites for hydroxylation is 2. The second kappa shape index (κ2) is 11.8. The summed E-state index contributed by atoms with van der Waals surface area (Å²) in [6.45, 7) is 5.78. The number of carbonyl (C=O) groups is 2. The normalized spacial score (nSPS) is 15.1. The lowest BCUT2D eigenvalue weighted by Gasteiger charge is -2.31. The summed E-state index contributed by atoms with van der Waals surface area (Å²) in [4.78, 5) is 27.8. The molecule has 0 aliphatic heterocycles. The molecule has 1 N–H and O–H groups in total. The number of halogens is 2. The average molecular weight is 491 g/mol. The van der Waals surface area contributed by atoms with Crippen LogP contribution in [0.2, 0.25) is 10.0 Å². The van der Waals surface area contributed by atoms with Gasteiger partial charge in [-0.15, -0.1) is 0 Å². The van der Waals surface area contributed by atoms with E-state index >= 15 is 0 Å². The molecule has 1 atom stereocenters. The van der Waals surface area contributed by atoms with Crippen LogP contribution in [0.4, 0.5) is 0 Å². The summed E-state index contributed by atoms with van der Waals surface area (Å²) in [5.74, 6) is 0.211. The van der Waals surface area contributed by atoms with Gasteiger partial charge < -0.3 is 15.0 Å². The Labute approximate surface area is 206 Å². The zero-order chi connectivity index (χ0) is 24.0. The van der Waals surface area contributed by atoms with Crippen molar-refractivity contribution in [2.45, 2.75) is 71.5 Å². The van der Waals surface area contributed by atoms with Gasteiger partial charge in [-0.25, -0.2) is 0 Å². The van der Waals surface area contributed by atoms with Crippen LogP contribution in [-0.4, -0.2) is 35.4 Å². The standard InChI is InChI=1S/C26H32Cl2N2O3/c1-17-11-18(2)13-22(12-17)33-16-25(31)30(15-20-9-10-23(27)24(28)14-20)19(3)26(32)29-21-7-5-4-6-8-21/h9-14,19,21H,4-8,15-16H2,1-3H3,(H,29,32)/t19-/m0/s1. The van der Waals surface area contributed by atoms with E-state index in [4.69, 9.17) is 27.9 Å². The van der Waals surface area contributed by atoms with Crippen LogP contribution in [0.3, 0.4) is 0 Å². The van der Waals surface area contributed by atoms with Gasteiger partial charge in [-0.1, -0.05) is 54.6 Å². The minimum Gasteiger partial charge on any atom is -0.484 e. The van der Waals surface area contributed by atoms with E-state index in [1.165, 1.54) is 6.42 Å². The quantitative estimate of drug-likeness (QED) is 0.504. The molecule has 2 aromatic rings. The molecule has 0 aromatic heterocycles. The first-order valence-corrected chi connectivity index (χ1v) is 12.2. The van der Waals surface area contributed by atoms with Gasteiger partial charge in [0.25, 0.3) is 5.91 Å². The summed E-state index contributed by atoms with van der Waals surface area (Å²) in [7, 11) is 0. The summed E-state index contributed by atoms with van der Waals surface area (Å²) in [5, 5.41) is 3.98. The van der Waals surface area contributed by atoms with E-state index in [-0.39, 0.29) is 31.0 Å².